The Kier molecular flexibility index (Phi) is 3.46. The van der Waals surface area contributed by atoms with Gasteiger partial charge in [0.1, 0.15) is 0 Å². The van der Waals surface area contributed by atoms with Crippen molar-refractivity contribution >= 4 is 17.6 Å². The van der Waals surface area contributed by atoms with Crippen molar-refractivity contribution in [2.75, 3.05) is 13.1 Å². The Morgan fingerprint density at radius 3 is 2.69 bits per heavy atom. The van der Waals surface area contributed by atoms with Crippen molar-refractivity contribution in [1.29, 1.82) is 0 Å². The van der Waals surface area contributed by atoms with Crippen LogP contribution in [0.25, 0.3) is 0 Å². The normalized spacial score (nSPS) is 24.6. The summed E-state index contributed by atoms with van der Waals surface area (Å²) >= 11 is 5.83. The number of hydrogen-bond donors (Lipinski definition) is 2. The largest absolute Gasteiger partial charge is 0.481 e. The average molecular weight is 240 g/mol. The third kappa shape index (κ3) is 2.54. The summed E-state index contributed by atoms with van der Waals surface area (Å²) in [5, 5.41) is 12.8. The average Bonchev–Trinajstić information content (AvgIpc) is 2.66. The minimum Gasteiger partial charge on any atom is -0.481 e. The summed E-state index contributed by atoms with van der Waals surface area (Å²) in [4.78, 5) is 10.7. The van der Waals surface area contributed by atoms with Gasteiger partial charge in [-0.25, -0.2) is 0 Å². The first-order valence-electron chi connectivity index (χ1n) is 5.35. The van der Waals surface area contributed by atoms with E-state index in [4.69, 9.17) is 16.7 Å². The van der Waals surface area contributed by atoms with Gasteiger partial charge in [-0.3, -0.25) is 4.79 Å². The molecule has 0 amide bonds. The second-order valence-corrected chi connectivity index (χ2v) is 4.61. The molecule has 1 aromatic carbocycles. The van der Waals surface area contributed by atoms with Crippen LogP contribution in [0.4, 0.5) is 0 Å². The molecule has 3 nitrogen and oxygen atoms in total. The van der Waals surface area contributed by atoms with E-state index in [0.717, 1.165) is 13.1 Å². The lowest BCUT2D eigenvalue weighted by Gasteiger charge is -2.17. The van der Waals surface area contributed by atoms with Crippen molar-refractivity contribution in [1.82, 2.24) is 5.32 Å². The molecule has 2 atom stereocenters. The van der Waals surface area contributed by atoms with Gasteiger partial charge in [-0.15, -0.1) is 0 Å². The Morgan fingerprint density at radius 1 is 1.38 bits per heavy atom. The molecule has 1 aliphatic heterocycles. The van der Waals surface area contributed by atoms with Crippen LogP contribution in [0.15, 0.2) is 24.3 Å². The van der Waals surface area contributed by atoms with E-state index in [-0.39, 0.29) is 18.3 Å². The second-order valence-electron chi connectivity index (χ2n) is 4.17. The zero-order valence-corrected chi connectivity index (χ0v) is 9.57. The fourth-order valence-electron chi connectivity index (χ4n) is 2.27. The molecule has 0 spiro atoms. The molecule has 2 unspecified atom stereocenters. The van der Waals surface area contributed by atoms with Gasteiger partial charge in [0.15, 0.2) is 0 Å². The van der Waals surface area contributed by atoms with E-state index < -0.39 is 5.97 Å². The number of carbonyl (C=O) groups is 1. The summed E-state index contributed by atoms with van der Waals surface area (Å²) < 4.78 is 0. The summed E-state index contributed by atoms with van der Waals surface area (Å²) in [6.07, 6.45) is 0.223. The molecular weight excluding hydrogens is 226 g/mol. The fraction of sp³-hybridized carbons (Fsp3) is 0.417. The molecule has 0 radical (unpaired) electrons. The van der Waals surface area contributed by atoms with Crippen LogP contribution in [0, 0.1) is 5.92 Å². The van der Waals surface area contributed by atoms with Crippen LogP contribution in [0.3, 0.4) is 0 Å². The molecule has 2 N–H and O–H groups in total. The summed E-state index contributed by atoms with van der Waals surface area (Å²) in [5.74, 6) is -0.264. The summed E-state index contributed by atoms with van der Waals surface area (Å²) in [6, 6.07) is 7.67. The SMILES string of the molecule is O=C(O)CC1CNCC1c1ccc(Cl)cc1. The number of halogens is 1. The standard InChI is InChI=1S/C12H14ClNO2/c13-10-3-1-8(2-4-10)11-7-14-6-9(11)5-12(15)16/h1-4,9,11,14H,5-7H2,(H,15,16). The lowest BCUT2D eigenvalue weighted by Crippen LogP contribution is -2.15. The first-order chi connectivity index (χ1) is 7.66. The van der Waals surface area contributed by atoms with Gasteiger partial charge < -0.3 is 10.4 Å². The predicted molar refractivity (Wildman–Crippen MR) is 62.8 cm³/mol. The number of benzene rings is 1. The molecule has 4 heteroatoms. The van der Waals surface area contributed by atoms with Gasteiger partial charge in [0.25, 0.3) is 0 Å². The van der Waals surface area contributed by atoms with Crippen molar-refractivity contribution in [2.45, 2.75) is 12.3 Å². The highest BCUT2D eigenvalue weighted by Crippen LogP contribution is 2.30. The lowest BCUT2D eigenvalue weighted by molar-refractivity contribution is -0.138. The van der Waals surface area contributed by atoms with Crippen molar-refractivity contribution in [3.63, 3.8) is 0 Å². The minimum absolute atomic E-state index is 0.179. The van der Waals surface area contributed by atoms with E-state index in [1.807, 2.05) is 24.3 Å². The highest BCUT2D eigenvalue weighted by atomic mass is 35.5. The Labute approximate surface area is 99.4 Å². The highest BCUT2D eigenvalue weighted by Gasteiger charge is 2.29. The van der Waals surface area contributed by atoms with Gasteiger partial charge in [0, 0.05) is 23.9 Å². The Morgan fingerprint density at radius 2 is 2.06 bits per heavy atom. The molecule has 2 rings (SSSR count). The molecule has 0 aromatic heterocycles. The van der Waals surface area contributed by atoms with E-state index in [9.17, 15) is 4.79 Å². The highest BCUT2D eigenvalue weighted by molar-refractivity contribution is 6.30. The second kappa shape index (κ2) is 4.85. The number of aliphatic carboxylic acids is 1. The van der Waals surface area contributed by atoms with Crippen LogP contribution < -0.4 is 5.32 Å². The maximum absolute atomic E-state index is 10.7. The quantitative estimate of drug-likeness (QED) is 0.850. The third-order valence-corrected chi connectivity index (χ3v) is 3.33. The van der Waals surface area contributed by atoms with Gasteiger partial charge in [-0.1, -0.05) is 23.7 Å². The van der Waals surface area contributed by atoms with Crippen LogP contribution in [-0.2, 0) is 4.79 Å². The first kappa shape index (κ1) is 11.4. The van der Waals surface area contributed by atoms with E-state index in [1.54, 1.807) is 0 Å². The molecular formula is C12H14ClNO2. The van der Waals surface area contributed by atoms with Crippen LogP contribution >= 0.6 is 11.6 Å². The number of nitrogens with one attached hydrogen (secondary N) is 1. The monoisotopic (exact) mass is 239 g/mol. The number of carboxylic acid groups (broad SMARTS) is 1. The number of carboxylic acids is 1. The third-order valence-electron chi connectivity index (χ3n) is 3.07. The Bertz CT molecular complexity index is 377. The zero-order chi connectivity index (χ0) is 11.5. The number of hydrogen-bond acceptors (Lipinski definition) is 2. The Balaban J connectivity index is 2.13. The molecule has 1 saturated heterocycles. The zero-order valence-electron chi connectivity index (χ0n) is 8.82. The van der Waals surface area contributed by atoms with Gasteiger partial charge in [0.05, 0.1) is 0 Å². The van der Waals surface area contributed by atoms with E-state index >= 15 is 0 Å². The van der Waals surface area contributed by atoms with Crippen molar-refractivity contribution in [3.05, 3.63) is 34.9 Å². The molecule has 16 heavy (non-hydrogen) atoms. The maximum Gasteiger partial charge on any atom is 0.303 e. The molecule has 0 aliphatic carbocycles. The molecule has 1 fully saturated rings. The molecule has 1 aliphatic rings. The lowest BCUT2D eigenvalue weighted by atomic mass is 9.87. The van der Waals surface area contributed by atoms with Crippen LogP contribution in [-0.4, -0.2) is 24.2 Å². The molecule has 1 heterocycles. The molecule has 0 bridgehead atoms. The van der Waals surface area contributed by atoms with E-state index in [2.05, 4.69) is 5.32 Å². The van der Waals surface area contributed by atoms with Gasteiger partial charge in [0.2, 0.25) is 0 Å². The van der Waals surface area contributed by atoms with Crippen LogP contribution in [0.2, 0.25) is 5.02 Å². The summed E-state index contributed by atoms with van der Waals surface area (Å²) in [6.45, 7) is 1.62. The molecule has 0 saturated carbocycles. The Hall–Kier alpha value is -1.06. The van der Waals surface area contributed by atoms with Gasteiger partial charge in [-0.2, -0.15) is 0 Å². The van der Waals surface area contributed by atoms with Crippen molar-refractivity contribution in [2.24, 2.45) is 5.92 Å². The maximum atomic E-state index is 10.7. The van der Waals surface area contributed by atoms with Crippen molar-refractivity contribution < 1.29 is 9.90 Å². The number of rotatable bonds is 3. The first-order valence-corrected chi connectivity index (χ1v) is 5.72. The van der Waals surface area contributed by atoms with Crippen molar-refractivity contribution in [3.8, 4) is 0 Å². The fourth-order valence-corrected chi connectivity index (χ4v) is 2.40. The van der Waals surface area contributed by atoms with Gasteiger partial charge in [-0.05, 0) is 30.2 Å². The topological polar surface area (TPSA) is 49.3 Å². The van der Waals surface area contributed by atoms with Crippen LogP contribution in [0.1, 0.15) is 17.9 Å². The molecule has 1 aromatic rings. The smallest absolute Gasteiger partial charge is 0.303 e. The summed E-state index contributed by atoms with van der Waals surface area (Å²) in [5.41, 5.74) is 1.17. The molecule has 86 valence electrons. The van der Waals surface area contributed by atoms with Crippen LogP contribution in [0.5, 0.6) is 0 Å². The van der Waals surface area contributed by atoms with E-state index in [1.165, 1.54) is 5.56 Å². The minimum atomic E-state index is -0.729. The van der Waals surface area contributed by atoms with E-state index in [0.29, 0.717) is 5.02 Å². The van der Waals surface area contributed by atoms with Gasteiger partial charge >= 0.3 is 5.97 Å². The summed E-state index contributed by atoms with van der Waals surface area (Å²) in [7, 11) is 0. The predicted octanol–water partition coefficient (Wildman–Crippen LogP) is 2.12.